The van der Waals surface area contributed by atoms with Gasteiger partial charge < -0.3 is 23.7 Å². The van der Waals surface area contributed by atoms with Gasteiger partial charge in [0.05, 0.1) is 30.2 Å². The van der Waals surface area contributed by atoms with Crippen LogP contribution >= 0.6 is 0 Å². The summed E-state index contributed by atoms with van der Waals surface area (Å²) in [6, 6.07) is 10.6. The van der Waals surface area contributed by atoms with Crippen LogP contribution in [0.5, 0.6) is 11.5 Å². The van der Waals surface area contributed by atoms with Crippen molar-refractivity contribution in [3.05, 3.63) is 69.1 Å². The van der Waals surface area contributed by atoms with E-state index < -0.39 is 6.04 Å². The van der Waals surface area contributed by atoms with Crippen LogP contribution in [0, 0.1) is 6.92 Å². The van der Waals surface area contributed by atoms with E-state index in [4.69, 9.17) is 13.9 Å². The fourth-order valence-electron chi connectivity index (χ4n) is 4.56. The molecule has 1 aromatic heterocycles. The van der Waals surface area contributed by atoms with E-state index in [2.05, 4.69) is 4.90 Å². The largest absolute Gasteiger partial charge is 0.490 e. The number of hydrogen-bond acceptors (Lipinski definition) is 6. The van der Waals surface area contributed by atoms with Crippen molar-refractivity contribution in [2.24, 2.45) is 0 Å². The molecular formula is C28H34N2O5. The highest BCUT2D eigenvalue weighted by Gasteiger charge is 2.42. The quantitative estimate of drug-likeness (QED) is 0.417. The van der Waals surface area contributed by atoms with Gasteiger partial charge in [-0.25, -0.2) is 0 Å². The Morgan fingerprint density at radius 3 is 2.54 bits per heavy atom. The second-order valence-corrected chi connectivity index (χ2v) is 9.22. The van der Waals surface area contributed by atoms with Gasteiger partial charge in [-0.1, -0.05) is 24.6 Å². The van der Waals surface area contributed by atoms with Gasteiger partial charge in [0.25, 0.3) is 5.91 Å². The zero-order chi connectivity index (χ0) is 25.1. The predicted molar refractivity (Wildman–Crippen MR) is 137 cm³/mol. The van der Waals surface area contributed by atoms with Crippen LogP contribution in [0.4, 0.5) is 0 Å². The van der Waals surface area contributed by atoms with Crippen LogP contribution in [-0.2, 0) is 0 Å². The number of rotatable bonds is 10. The standard InChI is InChI=1S/C28H34N2O5/c1-6-15-34-22-12-10-19(17-23(22)33-7-2)25-24-26(31)20-16-18(3)9-11-21(20)35-27(24)28(32)30(25)14-8-13-29(4)5/h9-12,16-17,25H,6-8,13-15H2,1-5H3/t25-/m1/s1. The second-order valence-electron chi connectivity index (χ2n) is 9.22. The van der Waals surface area contributed by atoms with Gasteiger partial charge in [-0.05, 0) is 77.2 Å². The zero-order valence-electron chi connectivity index (χ0n) is 21.2. The fraction of sp³-hybridized carbons (Fsp3) is 0.429. The van der Waals surface area contributed by atoms with Crippen molar-refractivity contribution in [1.29, 1.82) is 0 Å². The maximum absolute atomic E-state index is 13.7. The van der Waals surface area contributed by atoms with E-state index in [1.807, 2.05) is 65.2 Å². The minimum atomic E-state index is -0.555. The van der Waals surface area contributed by atoms with Gasteiger partial charge in [-0.3, -0.25) is 9.59 Å². The summed E-state index contributed by atoms with van der Waals surface area (Å²) in [6.07, 6.45) is 1.65. The van der Waals surface area contributed by atoms with Crippen molar-refractivity contribution in [3.63, 3.8) is 0 Å². The minimum absolute atomic E-state index is 0.130. The van der Waals surface area contributed by atoms with Crippen LogP contribution in [-0.4, -0.2) is 56.1 Å². The molecule has 1 aliphatic heterocycles. The van der Waals surface area contributed by atoms with Gasteiger partial charge >= 0.3 is 0 Å². The molecule has 2 aromatic carbocycles. The molecule has 0 aliphatic carbocycles. The van der Waals surface area contributed by atoms with Crippen LogP contribution in [0.25, 0.3) is 11.0 Å². The smallest absolute Gasteiger partial charge is 0.290 e. The normalized spacial score (nSPS) is 15.2. The average molecular weight is 479 g/mol. The molecule has 1 atom stereocenters. The molecule has 0 radical (unpaired) electrons. The third-order valence-corrected chi connectivity index (χ3v) is 6.17. The summed E-state index contributed by atoms with van der Waals surface area (Å²) in [5, 5.41) is 0.490. The molecular weight excluding hydrogens is 444 g/mol. The minimum Gasteiger partial charge on any atom is -0.490 e. The maximum atomic E-state index is 13.7. The maximum Gasteiger partial charge on any atom is 0.290 e. The SMILES string of the molecule is CCCOc1ccc([C@@H]2c3c(oc4ccc(C)cc4c3=O)C(=O)N2CCCN(C)C)cc1OCC. The number of amides is 1. The monoisotopic (exact) mass is 478 g/mol. The number of fused-ring (bicyclic) bond motifs is 2. The van der Waals surface area contributed by atoms with E-state index in [9.17, 15) is 9.59 Å². The number of nitrogens with zero attached hydrogens (tertiary/aromatic N) is 2. The second kappa shape index (κ2) is 10.5. The molecule has 186 valence electrons. The summed E-state index contributed by atoms with van der Waals surface area (Å²) in [4.78, 5) is 31.1. The van der Waals surface area contributed by atoms with Crippen LogP contribution in [0.15, 0.2) is 45.6 Å². The first-order valence-corrected chi connectivity index (χ1v) is 12.3. The molecule has 0 N–H and O–H groups in total. The molecule has 0 saturated heterocycles. The lowest BCUT2D eigenvalue weighted by Gasteiger charge is -2.26. The van der Waals surface area contributed by atoms with Gasteiger partial charge in [0.15, 0.2) is 16.9 Å². The number of hydrogen-bond donors (Lipinski definition) is 0. The molecule has 35 heavy (non-hydrogen) atoms. The molecule has 7 heteroatoms. The third-order valence-electron chi connectivity index (χ3n) is 6.17. The Morgan fingerprint density at radius 1 is 1.03 bits per heavy atom. The van der Waals surface area contributed by atoms with Crippen molar-refractivity contribution in [2.75, 3.05) is 40.4 Å². The summed E-state index contributed by atoms with van der Waals surface area (Å²) in [7, 11) is 4.00. The topological polar surface area (TPSA) is 72.2 Å². The molecule has 0 saturated carbocycles. The molecule has 2 heterocycles. The van der Waals surface area contributed by atoms with E-state index in [-0.39, 0.29) is 17.1 Å². The molecule has 1 amide bonds. The Morgan fingerprint density at radius 2 is 1.83 bits per heavy atom. The number of carbonyl (C=O) groups is 1. The number of aryl methyl sites for hydroxylation is 1. The highest BCUT2D eigenvalue weighted by atomic mass is 16.5. The van der Waals surface area contributed by atoms with E-state index in [0.29, 0.717) is 47.8 Å². The van der Waals surface area contributed by atoms with Crippen molar-refractivity contribution in [1.82, 2.24) is 9.80 Å². The summed E-state index contributed by atoms with van der Waals surface area (Å²) >= 11 is 0. The first-order valence-electron chi connectivity index (χ1n) is 12.3. The lowest BCUT2D eigenvalue weighted by atomic mass is 9.97. The van der Waals surface area contributed by atoms with Crippen LogP contribution < -0.4 is 14.9 Å². The van der Waals surface area contributed by atoms with Crippen LogP contribution in [0.2, 0.25) is 0 Å². The molecule has 1 aliphatic rings. The van der Waals surface area contributed by atoms with E-state index in [1.54, 1.807) is 11.0 Å². The summed E-state index contributed by atoms with van der Waals surface area (Å²) in [5.41, 5.74) is 2.42. The Bertz CT molecular complexity index is 1280. The Balaban J connectivity index is 1.86. The number of ether oxygens (including phenoxy) is 2. The highest BCUT2D eigenvalue weighted by Crippen LogP contribution is 2.41. The fourth-order valence-corrected chi connectivity index (χ4v) is 4.56. The zero-order valence-corrected chi connectivity index (χ0v) is 21.2. The van der Waals surface area contributed by atoms with Gasteiger partial charge in [0.2, 0.25) is 5.76 Å². The highest BCUT2D eigenvalue weighted by molar-refractivity contribution is 5.99. The summed E-state index contributed by atoms with van der Waals surface area (Å²) < 4.78 is 17.8. The van der Waals surface area contributed by atoms with Gasteiger partial charge in [-0.2, -0.15) is 0 Å². The molecule has 0 bridgehead atoms. The molecule has 4 rings (SSSR count). The van der Waals surface area contributed by atoms with Gasteiger partial charge in [-0.15, -0.1) is 0 Å². The summed E-state index contributed by atoms with van der Waals surface area (Å²) in [5.74, 6) is 1.13. The van der Waals surface area contributed by atoms with E-state index in [1.165, 1.54) is 0 Å². The van der Waals surface area contributed by atoms with Crippen LogP contribution in [0.1, 0.15) is 60.0 Å². The first-order chi connectivity index (χ1) is 16.8. The Labute approximate surface area is 206 Å². The van der Waals surface area contributed by atoms with E-state index >= 15 is 0 Å². The van der Waals surface area contributed by atoms with Crippen LogP contribution in [0.3, 0.4) is 0 Å². The first kappa shape index (κ1) is 24.8. The Hall–Kier alpha value is -3.32. The van der Waals surface area contributed by atoms with Gasteiger partial charge in [0, 0.05) is 6.54 Å². The lowest BCUT2D eigenvalue weighted by molar-refractivity contribution is 0.0722. The third kappa shape index (κ3) is 4.91. The van der Waals surface area contributed by atoms with Crippen molar-refractivity contribution >= 4 is 16.9 Å². The van der Waals surface area contributed by atoms with Crippen molar-refractivity contribution in [3.8, 4) is 11.5 Å². The van der Waals surface area contributed by atoms with E-state index in [0.717, 1.165) is 30.5 Å². The molecule has 0 spiro atoms. The molecule has 3 aromatic rings. The lowest BCUT2D eigenvalue weighted by Crippen LogP contribution is -2.32. The Kier molecular flexibility index (Phi) is 7.45. The predicted octanol–water partition coefficient (Wildman–Crippen LogP) is 4.79. The molecule has 0 unspecified atom stereocenters. The summed E-state index contributed by atoms with van der Waals surface area (Å²) in [6.45, 7) is 8.28. The van der Waals surface area contributed by atoms with Gasteiger partial charge in [0.1, 0.15) is 5.58 Å². The molecule has 7 nitrogen and oxygen atoms in total. The number of carbonyl (C=O) groups excluding carboxylic acids is 1. The molecule has 0 fully saturated rings. The average Bonchev–Trinajstić information content (AvgIpc) is 3.10. The van der Waals surface area contributed by atoms with Crippen molar-refractivity contribution < 1.29 is 18.7 Å². The van der Waals surface area contributed by atoms with Crippen molar-refractivity contribution in [2.45, 2.75) is 39.7 Å². The number of benzene rings is 2.